The van der Waals surface area contributed by atoms with E-state index in [-0.39, 0.29) is 12.3 Å². The highest BCUT2D eigenvalue weighted by Crippen LogP contribution is 2.09. The molecule has 4 heteroatoms. The number of carbonyl (C=O) groups is 2. The molecule has 0 radical (unpaired) electrons. The largest absolute Gasteiger partial charge is 0.368 e. The number of benzene rings is 1. The summed E-state index contributed by atoms with van der Waals surface area (Å²) in [7, 11) is 0. The average Bonchev–Trinajstić information content (AvgIpc) is 2.37. The molecule has 3 N–H and O–H groups in total. The molecule has 0 aromatic heterocycles. The number of nitrogens with two attached hydrogens (primary N) is 1. The summed E-state index contributed by atoms with van der Waals surface area (Å²) in [6.07, 6.45) is 5.96. The zero-order valence-electron chi connectivity index (χ0n) is 10.3. The summed E-state index contributed by atoms with van der Waals surface area (Å²) >= 11 is 0. The van der Waals surface area contributed by atoms with E-state index < -0.39 is 11.9 Å². The highest BCUT2D eigenvalue weighted by Gasteiger charge is 2.18. The van der Waals surface area contributed by atoms with Crippen LogP contribution in [0.15, 0.2) is 24.3 Å². The monoisotopic (exact) mass is 244 g/mol. The van der Waals surface area contributed by atoms with Crippen molar-refractivity contribution in [3.05, 3.63) is 35.4 Å². The van der Waals surface area contributed by atoms with Crippen LogP contribution in [0.2, 0.25) is 0 Å². The van der Waals surface area contributed by atoms with Gasteiger partial charge in [0, 0.05) is 12.0 Å². The Bertz CT molecular complexity index is 489. The summed E-state index contributed by atoms with van der Waals surface area (Å²) in [5.41, 5.74) is 6.63. The highest BCUT2D eigenvalue weighted by molar-refractivity contribution is 5.98. The Morgan fingerprint density at radius 3 is 2.67 bits per heavy atom. The maximum atomic E-state index is 12.0. The lowest BCUT2D eigenvalue weighted by Gasteiger charge is -2.14. The topological polar surface area (TPSA) is 72.2 Å². The van der Waals surface area contributed by atoms with Crippen molar-refractivity contribution in [3.8, 4) is 12.3 Å². The van der Waals surface area contributed by atoms with Gasteiger partial charge in [-0.3, -0.25) is 9.59 Å². The number of amides is 2. The number of hydrogen-bond donors (Lipinski definition) is 2. The van der Waals surface area contributed by atoms with Crippen molar-refractivity contribution in [1.82, 2.24) is 5.32 Å². The molecule has 1 aromatic carbocycles. The molecule has 0 saturated heterocycles. The summed E-state index contributed by atoms with van der Waals surface area (Å²) in [5, 5.41) is 2.55. The van der Waals surface area contributed by atoms with E-state index in [0.717, 1.165) is 12.0 Å². The molecule has 1 aromatic rings. The Kier molecular flexibility index (Phi) is 4.94. The first-order valence-corrected chi connectivity index (χ1v) is 5.71. The van der Waals surface area contributed by atoms with Gasteiger partial charge in [-0.05, 0) is 18.1 Å². The molecular formula is C14H16N2O2. The van der Waals surface area contributed by atoms with Gasteiger partial charge >= 0.3 is 0 Å². The van der Waals surface area contributed by atoms with Crippen molar-refractivity contribution in [2.24, 2.45) is 5.73 Å². The lowest BCUT2D eigenvalue weighted by Crippen LogP contribution is -2.44. The average molecular weight is 244 g/mol. The van der Waals surface area contributed by atoms with Crippen LogP contribution in [0.3, 0.4) is 0 Å². The van der Waals surface area contributed by atoms with Crippen molar-refractivity contribution in [3.63, 3.8) is 0 Å². The van der Waals surface area contributed by atoms with E-state index in [1.54, 1.807) is 12.1 Å². The normalized spacial score (nSPS) is 11.3. The predicted molar refractivity (Wildman–Crippen MR) is 69.7 cm³/mol. The van der Waals surface area contributed by atoms with Gasteiger partial charge in [-0.15, -0.1) is 12.3 Å². The van der Waals surface area contributed by atoms with Gasteiger partial charge in [0.15, 0.2) is 0 Å². The maximum absolute atomic E-state index is 12.0. The van der Waals surface area contributed by atoms with Crippen LogP contribution in [0.5, 0.6) is 0 Å². The summed E-state index contributed by atoms with van der Waals surface area (Å²) in [6.45, 7) is 1.96. The Hall–Kier alpha value is -2.28. The smallest absolute Gasteiger partial charge is 0.252 e. The maximum Gasteiger partial charge on any atom is 0.252 e. The molecule has 0 spiro atoms. The molecule has 1 atom stereocenters. The number of primary amides is 1. The minimum atomic E-state index is -0.826. The van der Waals surface area contributed by atoms with E-state index in [1.165, 1.54) is 0 Å². The molecule has 2 amide bonds. The third-order valence-electron chi connectivity index (χ3n) is 2.61. The van der Waals surface area contributed by atoms with Crippen LogP contribution < -0.4 is 11.1 Å². The highest BCUT2D eigenvalue weighted by atomic mass is 16.2. The van der Waals surface area contributed by atoms with E-state index >= 15 is 0 Å². The molecule has 94 valence electrons. The van der Waals surface area contributed by atoms with Gasteiger partial charge in [0.2, 0.25) is 5.91 Å². The molecule has 0 aliphatic carbocycles. The van der Waals surface area contributed by atoms with Crippen LogP contribution in [-0.4, -0.2) is 17.9 Å². The predicted octanol–water partition coefficient (Wildman–Crippen LogP) is 0.856. The lowest BCUT2D eigenvalue weighted by molar-refractivity contribution is -0.119. The van der Waals surface area contributed by atoms with Gasteiger partial charge in [-0.1, -0.05) is 25.1 Å². The molecule has 4 nitrogen and oxygen atoms in total. The van der Waals surface area contributed by atoms with E-state index in [2.05, 4.69) is 11.2 Å². The molecule has 18 heavy (non-hydrogen) atoms. The molecule has 0 aliphatic rings. The molecule has 1 unspecified atom stereocenters. The second kappa shape index (κ2) is 6.45. The van der Waals surface area contributed by atoms with E-state index in [4.69, 9.17) is 12.2 Å². The van der Waals surface area contributed by atoms with Crippen molar-refractivity contribution < 1.29 is 9.59 Å². The Morgan fingerprint density at radius 1 is 1.44 bits per heavy atom. The van der Waals surface area contributed by atoms with E-state index in [9.17, 15) is 9.59 Å². The molecule has 1 rings (SSSR count). The first-order valence-electron chi connectivity index (χ1n) is 5.71. The van der Waals surface area contributed by atoms with Crippen LogP contribution in [0.25, 0.3) is 0 Å². The third kappa shape index (κ3) is 3.36. The SMILES string of the molecule is C#CCC(NC(=O)c1ccccc1CC)C(N)=O. The van der Waals surface area contributed by atoms with Crippen LogP contribution in [-0.2, 0) is 11.2 Å². The third-order valence-corrected chi connectivity index (χ3v) is 2.61. The van der Waals surface area contributed by atoms with Gasteiger partial charge in [0.05, 0.1) is 0 Å². The van der Waals surface area contributed by atoms with Crippen LogP contribution in [0.1, 0.15) is 29.3 Å². The van der Waals surface area contributed by atoms with Crippen molar-refractivity contribution in [1.29, 1.82) is 0 Å². The summed E-state index contributed by atoms with van der Waals surface area (Å²) in [5.74, 6) is 1.36. The number of carbonyl (C=O) groups excluding carboxylic acids is 2. The fraction of sp³-hybridized carbons (Fsp3) is 0.286. The number of hydrogen-bond acceptors (Lipinski definition) is 2. The number of nitrogens with one attached hydrogen (secondary N) is 1. The van der Waals surface area contributed by atoms with E-state index in [1.807, 2.05) is 19.1 Å². The van der Waals surface area contributed by atoms with Gasteiger partial charge in [0.1, 0.15) is 6.04 Å². The quantitative estimate of drug-likeness (QED) is 0.754. The molecular weight excluding hydrogens is 228 g/mol. The summed E-state index contributed by atoms with van der Waals surface area (Å²) < 4.78 is 0. The molecule has 0 saturated carbocycles. The Balaban J connectivity index is 2.87. The molecule has 0 heterocycles. The summed E-state index contributed by atoms with van der Waals surface area (Å²) in [4.78, 5) is 23.1. The minimum absolute atomic E-state index is 0.0926. The molecule has 0 aliphatic heterocycles. The number of rotatable bonds is 5. The molecule has 0 bridgehead atoms. The standard InChI is InChI=1S/C14H16N2O2/c1-3-7-12(13(15)17)16-14(18)11-9-6-5-8-10(11)4-2/h1,5-6,8-9,12H,4,7H2,2H3,(H2,15,17)(H,16,18). The second-order valence-corrected chi connectivity index (χ2v) is 3.85. The first kappa shape index (κ1) is 13.8. The minimum Gasteiger partial charge on any atom is -0.368 e. The zero-order valence-corrected chi connectivity index (χ0v) is 10.3. The zero-order chi connectivity index (χ0) is 13.5. The van der Waals surface area contributed by atoms with Crippen molar-refractivity contribution >= 4 is 11.8 Å². The van der Waals surface area contributed by atoms with E-state index in [0.29, 0.717) is 5.56 Å². The summed E-state index contributed by atoms with van der Waals surface area (Å²) in [6, 6.07) is 6.39. The first-order chi connectivity index (χ1) is 8.60. The number of aryl methyl sites for hydroxylation is 1. The Labute approximate surface area is 107 Å². The lowest BCUT2D eigenvalue weighted by atomic mass is 10.0. The molecule has 0 fully saturated rings. The van der Waals surface area contributed by atoms with Crippen LogP contribution in [0, 0.1) is 12.3 Å². The van der Waals surface area contributed by atoms with Gasteiger partial charge in [-0.25, -0.2) is 0 Å². The number of terminal acetylenes is 1. The van der Waals surface area contributed by atoms with Gasteiger partial charge in [-0.2, -0.15) is 0 Å². The fourth-order valence-corrected chi connectivity index (χ4v) is 1.63. The van der Waals surface area contributed by atoms with Crippen molar-refractivity contribution in [2.75, 3.05) is 0 Å². The van der Waals surface area contributed by atoms with Gasteiger partial charge in [0.25, 0.3) is 5.91 Å². The van der Waals surface area contributed by atoms with Crippen LogP contribution >= 0.6 is 0 Å². The second-order valence-electron chi connectivity index (χ2n) is 3.85. The van der Waals surface area contributed by atoms with Crippen molar-refractivity contribution in [2.45, 2.75) is 25.8 Å². The van der Waals surface area contributed by atoms with Crippen LogP contribution in [0.4, 0.5) is 0 Å². The Morgan fingerprint density at radius 2 is 2.11 bits per heavy atom. The van der Waals surface area contributed by atoms with Gasteiger partial charge < -0.3 is 11.1 Å². The fourth-order valence-electron chi connectivity index (χ4n) is 1.63.